The fraction of sp³-hybridized carbons (Fsp3) is 0.188. The predicted octanol–water partition coefficient (Wildman–Crippen LogP) is 4.93. The number of benzene rings is 2. The summed E-state index contributed by atoms with van der Waals surface area (Å²) in [6.45, 7) is 1.52. The maximum atomic E-state index is 5.71. The molecule has 108 valence electrons. The van der Waals surface area contributed by atoms with E-state index in [4.69, 9.17) is 17.0 Å². The highest BCUT2D eigenvalue weighted by atomic mass is 79.9. The van der Waals surface area contributed by atoms with E-state index in [-0.39, 0.29) is 0 Å². The third-order valence-corrected chi connectivity index (χ3v) is 4.09. The molecule has 0 aliphatic heterocycles. The van der Waals surface area contributed by atoms with Gasteiger partial charge in [0, 0.05) is 11.0 Å². The lowest BCUT2D eigenvalue weighted by atomic mass is 10.3. The average molecular weight is 363 g/mol. The zero-order valence-corrected chi connectivity index (χ0v) is 13.8. The Bertz CT molecular complexity index is 795. The number of hydrogen-bond acceptors (Lipinski definition) is 2. The molecule has 0 saturated carbocycles. The number of halogens is 1. The summed E-state index contributed by atoms with van der Waals surface area (Å²) in [5, 5.41) is 0. The van der Waals surface area contributed by atoms with E-state index in [9.17, 15) is 0 Å². The summed E-state index contributed by atoms with van der Waals surface area (Å²) < 4.78 is 9.63. The first-order chi connectivity index (χ1) is 10.2. The van der Waals surface area contributed by atoms with Gasteiger partial charge in [0.15, 0.2) is 4.77 Å². The molecule has 3 aromatic rings. The first-order valence-electron chi connectivity index (χ1n) is 6.80. The smallest absolute Gasteiger partial charge is 0.178 e. The molecule has 5 heteroatoms. The van der Waals surface area contributed by atoms with Crippen molar-refractivity contribution >= 4 is 39.2 Å². The first-order valence-corrected chi connectivity index (χ1v) is 8.00. The number of para-hydroxylation sites is 1. The second kappa shape index (κ2) is 6.45. The lowest BCUT2D eigenvalue weighted by Crippen LogP contribution is -2.04. The summed E-state index contributed by atoms with van der Waals surface area (Å²) in [5.74, 6) is 0.906. The van der Waals surface area contributed by atoms with Crippen molar-refractivity contribution in [2.45, 2.75) is 13.0 Å². The highest BCUT2D eigenvalue weighted by molar-refractivity contribution is 9.10. The normalized spacial score (nSPS) is 10.9. The standard InChI is InChI=1S/C16H15BrN2OS/c17-12-7-8-15-14(11-12)18-16(21)19(15)9-4-10-20-13-5-2-1-3-6-13/h1-3,5-8,11H,4,9-10H2,(H,18,21). The van der Waals surface area contributed by atoms with Gasteiger partial charge in [-0.2, -0.15) is 0 Å². The molecule has 0 atom stereocenters. The van der Waals surface area contributed by atoms with Crippen LogP contribution in [0, 0.1) is 4.77 Å². The van der Waals surface area contributed by atoms with E-state index in [1.165, 1.54) is 0 Å². The number of aromatic amines is 1. The van der Waals surface area contributed by atoms with Gasteiger partial charge in [0.05, 0.1) is 17.6 Å². The van der Waals surface area contributed by atoms with Crippen LogP contribution in [0.15, 0.2) is 53.0 Å². The molecule has 0 fully saturated rings. The topological polar surface area (TPSA) is 29.9 Å². The largest absolute Gasteiger partial charge is 0.494 e. The minimum Gasteiger partial charge on any atom is -0.494 e. The van der Waals surface area contributed by atoms with E-state index in [2.05, 4.69) is 31.5 Å². The van der Waals surface area contributed by atoms with E-state index in [1.54, 1.807) is 0 Å². The molecule has 0 amide bonds. The van der Waals surface area contributed by atoms with Gasteiger partial charge in [0.2, 0.25) is 0 Å². The third kappa shape index (κ3) is 3.36. The molecule has 21 heavy (non-hydrogen) atoms. The van der Waals surface area contributed by atoms with Crippen molar-refractivity contribution < 1.29 is 4.74 Å². The van der Waals surface area contributed by atoms with E-state index < -0.39 is 0 Å². The number of fused-ring (bicyclic) bond motifs is 1. The predicted molar refractivity (Wildman–Crippen MR) is 91.4 cm³/mol. The number of H-pyrrole nitrogens is 1. The second-order valence-corrected chi connectivity index (χ2v) is 6.06. The first kappa shape index (κ1) is 14.4. The average Bonchev–Trinajstić information content (AvgIpc) is 2.79. The van der Waals surface area contributed by atoms with Crippen molar-refractivity contribution in [2.75, 3.05) is 6.61 Å². The zero-order valence-electron chi connectivity index (χ0n) is 11.4. The number of ether oxygens (including phenoxy) is 1. The van der Waals surface area contributed by atoms with Crippen molar-refractivity contribution in [3.8, 4) is 5.75 Å². The number of aromatic nitrogens is 2. The van der Waals surface area contributed by atoms with Gasteiger partial charge in [-0.25, -0.2) is 0 Å². The molecule has 1 heterocycles. The molecular formula is C16H15BrN2OS. The number of imidazole rings is 1. The summed E-state index contributed by atoms with van der Waals surface area (Å²) in [6.07, 6.45) is 0.909. The van der Waals surface area contributed by atoms with Crippen molar-refractivity contribution in [1.82, 2.24) is 9.55 Å². The molecule has 0 spiro atoms. The molecule has 1 aromatic heterocycles. The molecule has 0 unspecified atom stereocenters. The summed E-state index contributed by atoms with van der Waals surface area (Å²) in [7, 11) is 0. The van der Waals surface area contributed by atoms with Crippen LogP contribution in [0.2, 0.25) is 0 Å². The van der Waals surface area contributed by atoms with Crippen molar-refractivity contribution in [3.05, 3.63) is 57.8 Å². The SMILES string of the molecule is S=c1[nH]c2cc(Br)ccc2n1CCCOc1ccccc1. The van der Waals surface area contributed by atoms with Crippen LogP contribution in [0.1, 0.15) is 6.42 Å². The van der Waals surface area contributed by atoms with Crippen LogP contribution in [0.25, 0.3) is 11.0 Å². The van der Waals surface area contributed by atoms with E-state index in [0.717, 1.165) is 39.0 Å². The van der Waals surface area contributed by atoms with Crippen molar-refractivity contribution in [3.63, 3.8) is 0 Å². The van der Waals surface area contributed by atoms with Gasteiger partial charge in [-0.05, 0) is 49.0 Å². The van der Waals surface area contributed by atoms with Crippen LogP contribution in [0.5, 0.6) is 5.75 Å². The van der Waals surface area contributed by atoms with E-state index >= 15 is 0 Å². The molecule has 0 radical (unpaired) electrons. The lowest BCUT2D eigenvalue weighted by Gasteiger charge is -2.07. The second-order valence-electron chi connectivity index (χ2n) is 4.76. The Balaban J connectivity index is 1.66. The Morgan fingerprint density at radius 3 is 2.76 bits per heavy atom. The van der Waals surface area contributed by atoms with E-state index in [1.807, 2.05) is 42.5 Å². The number of nitrogens with one attached hydrogen (secondary N) is 1. The summed E-state index contributed by atoms with van der Waals surface area (Å²) in [4.78, 5) is 3.23. The Morgan fingerprint density at radius 1 is 1.14 bits per heavy atom. The van der Waals surface area contributed by atoms with Crippen LogP contribution in [0.3, 0.4) is 0 Å². The minimum atomic E-state index is 0.676. The summed E-state index contributed by atoms with van der Waals surface area (Å²) >= 11 is 8.86. The quantitative estimate of drug-likeness (QED) is 0.515. The summed E-state index contributed by atoms with van der Waals surface area (Å²) in [6, 6.07) is 16.0. The van der Waals surface area contributed by atoms with Gasteiger partial charge in [-0.3, -0.25) is 0 Å². The van der Waals surface area contributed by atoms with Gasteiger partial charge in [0.25, 0.3) is 0 Å². The lowest BCUT2D eigenvalue weighted by molar-refractivity contribution is 0.302. The number of rotatable bonds is 5. The number of aryl methyl sites for hydroxylation is 1. The van der Waals surface area contributed by atoms with Crippen molar-refractivity contribution in [2.24, 2.45) is 0 Å². The Kier molecular flexibility index (Phi) is 4.41. The molecule has 1 N–H and O–H groups in total. The zero-order chi connectivity index (χ0) is 14.7. The van der Waals surface area contributed by atoms with E-state index in [0.29, 0.717) is 6.61 Å². The Morgan fingerprint density at radius 2 is 1.95 bits per heavy atom. The van der Waals surface area contributed by atoms with Gasteiger partial charge < -0.3 is 14.3 Å². The molecular weight excluding hydrogens is 348 g/mol. The monoisotopic (exact) mass is 362 g/mol. The molecule has 0 aliphatic carbocycles. The van der Waals surface area contributed by atoms with Crippen LogP contribution in [-0.4, -0.2) is 16.2 Å². The molecule has 3 nitrogen and oxygen atoms in total. The Hall–Kier alpha value is -1.59. The Labute approximate surface area is 136 Å². The van der Waals surface area contributed by atoms with Gasteiger partial charge in [-0.1, -0.05) is 34.1 Å². The molecule has 0 aliphatic rings. The maximum Gasteiger partial charge on any atom is 0.178 e. The van der Waals surface area contributed by atoms with Gasteiger partial charge in [0.1, 0.15) is 5.75 Å². The van der Waals surface area contributed by atoms with Crippen molar-refractivity contribution in [1.29, 1.82) is 0 Å². The highest BCUT2D eigenvalue weighted by Gasteiger charge is 2.04. The molecule has 3 rings (SSSR count). The number of hydrogen-bond donors (Lipinski definition) is 1. The molecule has 2 aromatic carbocycles. The molecule has 0 bridgehead atoms. The summed E-state index contributed by atoms with van der Waals surface area (Å²) in [5.41, 5.74) is 2.18. The highest BCUT2D eigenvalue weighted by Crippen LogP contribution is 2.20. The van der Waals surface area contributed by atoms with Crippen LogP contribution in [-0.2, 0) is 6.54 Å². The van der Waals surface area contributed by atoms with Crippen LogP contribution < -0.4 is 4.74 Å². The molecule has 0 saturated heterocycles. The van der Waals surface area contributed by atoms with Crippen LogP contribution >= 0.6 is 28.1 Å². The minimum absolute atomic E-state index is 0.676. The fourth-order valence-corrected chi connectivity index (χ4v) is 2.95. The number of nitrogens with zero attached hydrogens (tertiary/aromatic N) is 1. The maximum absolute atomic E-state index is 5.71. The fourth-order valence-electron chi connectivity index (χ4n) is 2.29. The van der Waals surface area contributed by atoms with Gasteiger partial charge >= 0.3 is 0 Å². The van der Waals surface area contributed by atoms with Crippen LogP contribution in [0.4, 0.5) is 0 Å². The van der Waals surface area contributed by atoms with Gasteiger partial charge in [-0.15, -0.1) is 0 Å². The third-order valence-electron chi connectivity index (χ3n) is 3.27.